The Hall–Kier alpha value is -2.49. The third-order valence-electron chi connectivity index (χ3n) is 3.46. The third kappa shape index (κ3) is 3.75. The van der Waals surface area contributed by atoms with E-state index >= 15 is 0 Å². The highest BCUT2D eigenvalue weighted by Crippen LogP contribution is 2.24. The lowest BCUT2D eigenvalue weighted by atomic mass is 9.91. The normalized spacial score (nSPS) is 11.7. The Bertz CT molecular complexity index is 590. The smallest absolute Gasteiger partial charge is 0.225 e. The number of methoxy groups -OCH3 is 2. The Labute approximate surface area is 124 Å². The molecule has 0 bridgehead atoms. The van der Waals surface area contributed by atoms with Crippen LogP contribution in [-0.2, 0) is 11.2 Å². The first-order valence-electron chi connectivity index (χ1n) is 6.70. The van der Waals surface area contributed by atoms with Crippen molar-refractivity contribution >= 4 is 5.91 Å². The summed E-state index contributed by atoms with van der Waals surface area (Å²) in [7, 11) is 3.23. The van der Waals surface area contributed by atoms with Gasteiger partial charge in [0.15, 0.2) is 0 Å². The van der Waals surface area contributed by atoms with E-state index in [0.717, 1.165) is 22.6 Å². The molecule has 110 valence electrons. The summed E-state index contributed by atoms with van der Waals surface area (Å²) in [6.45, 7) is 0. The first kappa shape index (κ1) is 14.9. The van der Waals surface area contributed by atoms with Gasteiger partial charge in [0, 0.05) is 0 Å². The lowest BCUT2D eigenvalue weighted by molar-refractivity contribution is -0.119. The van der Waals surface area contributed by atoms with Gasteiger partial charge in [-0.25, -0.2) is 0 Å². The van der Waals surface area contributed by atoms with Crippen LogP contribution in [0.1, 0.15) is 17.0 Å². The molecule has 21 heavy (non-hydrogen) atoms. The summed E-state index contributed by atoms with van der Waals surface area (Å²) < 4.78 is 10.2. The molecule has 1 atom stereocenters. The van der Waals surface area contributed by atoms with E-state index in [1.807, 2.05) is 48.5 Å². The monoisotopic (exact) mass is 285 g/mol. The first-order valence-corrected chi connectivity index (χ1v) is 6.70. The largest absolute Gasteiger partial charge is 0.497 e. The Morgan fingerprint density at radius 2 is 1.43 bits per heavy atom. The zero-order valence-corrected chi connectivity index (χ0v) is 12.2. The zero-order valence-electron chi connectivity index (χ0n) is 12.2. The van der Waals surface area contributed by atoms with Gasteiger partial charge in [-0.05, 0) is 41.8 Å². The summed E-state index contributed by atoms with van der Waals surface area (Å²) >= 11 is 0. The van der Waals surface area contributed by atoms with Crippen LogP contribution in [0.4, 0.5) is 0 Å². The maximum atomic E-state index is 11.7. The van der Waals surface area contributed by atoms with Crippen LogP contribution in [0, 0.1) is 0 Å². The van der Waals surface area contributed by atoms with Crippen molar-refractivity contribution in [2.24, 2.45) is 5.73 Å². The van der Waals surface area contributed by atoms with Crippen molar-refractivity contribution in [2.75, 3.05) is 14.2 Å². The Morgan fingerprint density at radius 1 is 0.952 bits per heavy atom. The van der Waals surface area contributed by atoms with E-state index in [-0.39, 0.29) is 11.8 Å². The average Bonchev–Trinajstić information content (AvgIpc) is 2.53. The van der Waals surface area contributed by atoms with E-state index in [1.165, 1.54) is 0 Å². The van der Waals surface area contributed by atoms with Gasteiger partial charge in [0.25, 0.3) is 0 Å². The highest BCUT2D eigenvalue weighted by Gasteiger charge is 2.18. The van der Waals surface area contributed by atoms with Gasteiger partial charge < -0.3 is 15.2 Å². The summed E-state index contributed by atoms with van der Waals surface area (Å²) in [5.74, 6) is 0.852. The zero-order chi connectivity index (χ0) is 15.2. The molecule has 0 fully saturated rings. The second-order valence-corrected chi connectivity index (χ2v) is 4.78. The molecule has 2 rings (SSSR count). The van der Waals surface area contributed by atoms with Crippen LogP contribution in [0.3, 0.4) is 0 Å². The summed E-state index contributed by atoms with van der Waals surface area (Å²) in [6.07, 6.45) is 0.561. The fourth-order valence-electron chi connectivity index (χ4n) is 2.22. The number of hydrogen-bond acceptors (Lipinski definition) is 3. The SMILES string of the molecule is COc1ccc(CC(C(N)=O)c2ccc(OC)cc2)cc1. The highest BCUT2D eigenvalue weighted by molar-refractivity contribution is 5.82. The third-order valence-corrected chi connectivity index (χ3v) is 3.46. The van der Waals surface area contributed by atoms with Crippen LogP contribution in [0.15, 0.2) is 48.5 Å². The van der Waals surface area contributed by atoms with Crippen molar-refractivity contribution < 1.29 is 14.3 Å². The number of primary amides is 1. The number of carbonyl (C=O) groups is 1. The molecule has 0 spiro atoms. The average molecular weight is 285 g/mol. The van der Waals surface area contributed by atoms with Crippen molar-refractivity contribution in [1.29, 1.82) is 0 Å². The van der Waals surface area contributed by atoms with E-state index in [0.29, 0.717) is 6.42 Å². The molecule has 0 aliphatic heterocycles. The molecule has 0 aliphatic rings. The second-order valence-electron chi connectivity index (χ2n) is 4.78. The maximum absolute atomic E-state index is 11.7. The standard InChI is InChI=1S/C17H19NO3/c1-20-14-7-3-12(4-8-14)11-16(17(18)19)13-5-9-15(21-2)10-6-13/h3-10,16H,11H2,1-2H3,(H2,18,19). The number of rotatable bonds is 6. The van der Waals surface area contributed by atoms with Crippen molar-refractivity contribution in [3.05, 3.63) is 59.7 Å². The molecule has 0 saturated heterocycles. The quantitative estimate of drug-likeness (QED) is 0.887. The van der Waals surface area contributed by atoms with Crippen LogP contribution < -0.4 is 15.2 Å². The molecule has 0 heterocycles. The molecule has 0 saturated carbocycles. The molecular weight excluding hydrogens is 266 g/mol. The number of hydrogen-bond donors (Lipinski definition) is 1. The lowest BCUT2D eigenvalue weighted by Gasteiger charge is -2.14. The van der Waals surface area contributed by atoms with Gasteiger partial charge >= 0.3 is 0 Å². The molecule has 0 radical (unpaired) electrons. The number of nitrogens with two attached hydrogens (primary N) is 1. The molecule has 2 N–H and O–H groups in total. The van der Waals surface area contributed by atoms with Crippen LogP contribution >= 0.6 is 0 Å². The molecule has 4 nitrogen and oxygen atoms in total. The van der Waals surface area contributed by atoms with Gasteiger partial charge in [0.1, 0.15) is 11.5 Å². The predicted molar refractivity (Wildman–Crippen MR) is 81.6 cm³/mol. The van der Waals surface area contributed by atoms with Gasteiger partial charge in [-0.2, -0.15) is 0 Å². The van der Waals surface area contributed by atoms with E-state index in [9.17, 15) is 4.79 Å². The van der Waals surface area contributed by atoms with Crippen molar-refractivity contribution in [2.45, 2.75) is 12.3 Å². The van der Waals surface area contributed by atoms with Crippen LogP contribution in [-0.4, -0.2) is 20.1 Å². The molecular formula is C17H19NO3. The predicted octanol–water partition coefficient (Wildman–Crippen LogP) is 2.52. The molecule has 1 unspecified atom stereocenters. The molecule has 4 heteroatoms. The number of benzene rings is 2. The van der Waals surface area contributed by atoms with Crippen molar-refractivity contribution in [3.63, 3.8) is 0 Å². The van der Waals surface area contributed by atoms with E-state index in [1.54, 1.807) is 14.2 Å². The first-order chi connectivity index (χ1) is 10.1. The Kier molecular flexibility index (Phi) is 4.82. The molecule has 0 aliphatic carbocycles. The molecule has 0 aromatic heterocycles. The van der Waals surface area contributed by atoms with Gasteiger partial charge in [-0.3, -0.25) is 4.79 Å². The van der Waals surface area contributed by atoms with Gasteiger partial charge in [-0.15, -0.1) is 0 Å². The minimum Gasteiger partial charge on any atom is -0.497 e. The fourth-order valence-corrected chi connectivity index (χ4v) is 2.22. The summed E-state index contributed by atoms with van der Waals surface area (Å²) in [5.41, 5.74) is 7.47. The number of amides is 1. The summed E-state index contributed by atoms with van der Waals surface area (Å²) in [6, 6.07) is 15.0. The van der Waals surface area contributed by atoms with Crippen molar-refractivity contribution in [1.82, 2.24) is 0 Å². The highest BCUT2D eigenvalue weighted by atomic mass is 16.5. The minimum absolute atomic E-state index is 0.337. The van der Waals surface area contributed by atoms with Gasteiger partial charge in [0.2, 0.25) is 5.91 Å². The van der Waals surface area contributed by atoms with Gasteiger partial charge in [-0.1, -0.05) is 24.3 Å². The lowest BCUT2D eigenvalue weighted by Crippen LogP contribution is -2.23. The molecule has 2 aromatic rings. The summed E-state index contributed by atoms with van der Waals surface area (Å²) in [5, 5.41) is 0. The molecule has 2 aromatic carbocycles. The Balaban J connectivity index is 2.19. The van der Waals surface area contributed by atoms with Gasteiger partial charge in [0.05, 0.1) is 20.1 Å². The number of carbonyl (C=O) groups excluding carboxylic acids is 1. The fraction of sp³-hybridized carbons (Fsp3) is 0.235. The molecule has 1 amide bonds. The topological polar surface area (TPSA) is 61.5 Å². The van der Waals surface area contributed by atoms with E-state index in [4.69, 9.17) is 15.2 Å². The summed E-state index contributed by atoms with van der Waals surface area (Å²) in [4.78, 5) is 11.7. The minimum atomic E-state index is -0.357. The number of ether oxygens (including phenoxy) is 2. The van der Waals surface area contributed by atoms with Crippen LogP contribution in [0.5, 0.6) is 11.5 Å². The van der Waals surface area contributed by atoms with Crippen LogP contribution in [0.25, 0.3) is 0 Å². The van der Waals surface area contributed by atoms with E-state index in [2.05, 4.69) is 0 Å². The second kappa shape index (κ2) is 6.79. The maximum Gasteiger partial charge on any atom is 0.225 e. The van der Waals surface area contributed by atoms with Crippen LogP contribution in [0.2, 0.25) is 0 Å². The van der Waals surface area contributed by atoms with E-state index < -0.39 is 0 Å². The van der Waals surface area contributed by atoms with Crippen molar-refractivity contribution in [3.8, 4) is 11.5 Å². The Morgan fingerprint density at radius 3 is 1.86 bits per heavy atom.